The largest absolute Gasteiger partial charge is 0.480 e. The van der Waals surface area contributed by atoms with E-state index in [9.17, 15) is 19.7 Å². The quantitative estimate of drug-likeness (QED) is 0.422. The number of rotatable bonds is 6. The van der Waals surface area contributed by atoms with Crippen LogP contribution in [-0.4, -0.2) is 39.8 Å². The van der Waals surface area contributed by atoms with Gasteiger partial charge in [0.25, 0.3) is 5.69 Å². The lowest BCUT2D eigenvalue weighted by Crippen LogP contribution is -2.47. The standard InChI is InChI=1S/C11H13N3O6/c15-6-9(10(16)17)13-11(18)12-5-7-2-1-3-8(4-7)14(19)20/h1-4,9,15H,5-6H2,(H,16,17)(H2,12,13,18). The second-order valence-corrected chi connectivity index (χ2v) is 3.83. The summed E-state index contributed by atoms with van der Waals surface area (Å²) in [5, 5.41) is 32.3. The molecule has 2 amide bonds. The maximum absolute atomic E-state index is 11.4. The average molecular weight is 283 g/mol. The van der Waals surface area contributed by atoms with E-state index in [0.717, 1.165) is 0 Å². The highest BCUT2D eigenvalue weighted by molar-refractivity contribution is 5.82. The summed E-state index contributed by atoms with van der Waals surface area (Å²) in [6.07, 6.45) is 0. The summed E-state index contributed by atoms with van der Waals surface area (Å²) in [5.74, 6) is -1.36. The van der Waals surface area contributed by atoms with Crippen LogP contribution in [0.4, 0.5) is 10.5 Å². The van der Waals surface area contributed by atoms with Gasteiger partial charge in [0.1, 0.15) is 0 Å². The number of aliphatic carboxylic acids is 1. The molecule has 0 spiro atoms. The van der Waals surface area contributed by atoms with Gasteiger partial charge in [0.05, 0.1) is 11.5 Å². The van der Waals surface area contributed by atoms with Gasteiger partial charge in [-0.15, -0.1) is 0 Å². The molecule has 0 saturated heterocycles. The number of carboxylic acids is 1. The molecule has 0 saturated carbocycles. The third kappa shape index (κ3) is 4.53. The van der Waals surface area contributed by atoms with Crippen LogP contribution in [-0.2, 0) is 11.3 Å². The number of urea groups is 1. The molecule has 1 aromatic carbocycles. The molecular weight excluding hydrogens is 270 g/mol. The number of nitro groups is 1. The molecule has 4 N–H and O–H groups in total. The Bertz CT molecular complexity index is 519. The topological polar surface area (TPSA) is 142 Å². The zero-order valence-corrected chi connectivity index (χ0v) is 10.3. The maximum atomic E-state index is 11.4. The number of carbonyl (C=O) groups is 2. The van der Waals surface area contributed by atoms with E-state index in [2.05, 4.69) is 5.32 Å². The van der Waals surface area contributed by atoms with Crippen LogP contribution in [0.5, 0.6) is 0 Å². The minimum atomic E-state index is -1.40. The van der Waals surface area contributed by atoms with Crippen molar-refractivity contribution in [2.45, 2.75) is 12.6 Å². The number of aliphatic hydroxyl groups excluding tert-OH is 1. The van der Waals surface area contributed by atoms with E-state index in [0.29, 0.717) is 5.56 Å². The third-order valence-corrected chi connectivity index (χ3v) is 2.36. The Balaban J connectivity index is 2.54. The number of non-ortho nitro benzene ring substituents is 1. The Hall–Kier alpha value is -2.68. The van der Waals surface area contributed by atoms with Gasteiger partial charge >= 0.3 is 12.0 Å². The lowest BCUT2D eigenvalue weighted by atomic mass is 10.2. The summed E-state index contributed by atoms with van der Waals surface area (Å²) in [6.45, 7) is -0.745. The molecule has 0 fully saturated rings. The van der Waals surface area contributed by atoms with Crippen molar-refractivity contribution >= 4 is 17.7 Å². The van der Waals surface area contributed by atoms with Gasteiger partial charge in [0.2, 0.25) is 0 Å². The average Bonchev–Trinajstić information content (AvgIpc) is 2.42. The fourth-order valence-electron chi connectivity index (χ4n) is 1.36. The Morgan fingerprint density at radius 1 is 1.40 bits per heavy atom. The number of nitro benzene ring substituents is 1. The molecule has 1 aromatic rings. The van der Waals surface area contributed by atoms with Crippen LogP contribution < -0.4 is 10.6 Å². The molecule has 108 valence electrons. The van der Waals surface area contributed by atoms with Gasteiger partial charge in [-0.3, -0.25) is 10.1 Å². The smallest absolute Gasteiger partial charge is 0.328 e. The normalized spacial score (nSPS) is 11.4. The Kier molecular flexibility index (Phi) is 5.42. The second kappa shape index (κ2) is 7.04. The number of hydrogen-bond acceptors (Lipinski definition) is 5. The number of amides is 2. The van der Waals surface area contributed by atoms with E-state index in [4.69, 9.17) is 10.2 Å². The van der Waals surface area contributed by atoms with Crippen molar-refractivity contribution in [2.75, 3.05) is 6.61 Å². The van der Waals surface area contributed by atoms with Crippen molar-refractivity contribution < 1.29 is 24.7 Å². The van der Waals surface area contributed by atoms with Gasteiger partial charge < -0.3 is 20.8 Å². The summed E-state index contributed by atoms with van der Waals surface area (Å²) in [6, 6.07) is 3.46. The van der Waals surface area contributed by atoms with E-state index in [1.54, 1.807) is 6.07 Å². The monoisotopic (exact) mass is 283 g/mol. The third-order valence-electron chi connectivity index (χ3n) is 2.36. The van der Waals surface area contributed by atoms with Crippen molar-refractivity contribution in [2.24, 2.45) is 0 Å². The number of nitrogens with zero attached hydrogens (tertiary/aromatic N) is 1. The van der Waals surface area contributed by atoms with Crippen LogP contribution in [0.2, 0.25) is 0 Å². The number of aliphatic hydroxyl groups is 1. The Labute approximate surface area is 113 Å². The first-order valence-corrected chi connectivity index (χ1v) is 5.55. The summed E-state index contributed by atoms with van der Waals surface area (Å²) in [5.41, 5.74) is 0.383. The minimum Gasteiger partial charge on any atom is -0.480 e. The first kappa shape index (κ1) is 15.4. The van der Waals surface area contributed by atoms with Crippen molar-refractivity contribution in [3.8, 4) is 0 Å². The minimum absolute atomic E-state index is 0.00865. The molecule has 9 heteroatoms. The highest BCUT2D eigenvalue weighted by Crippen LogP contribution is 2.12. The van der Waals surface area contributed by atoms with Crippen molar-refractivity contribution in [1.82, 2.24) is 10.6 Å². The molecule has 1 atom stereocenters. The number of carboxylic acid groups (broad SMARTS) is 1. The summed E-state index contributed by atoms with van der Waals surface area (Å²) < 4.78 is 0. The molecule has 1 unspecified atom stereocenters. The van der Waals surface area contributed by atoms with Crippen LogP contribution in [0.15, 0.2) is 24.3 Å². The van der Waals surface area contributed by atoms with Gasteiger partial charge in [-0.05, 0) is 5.56 Å². The molecule has 0 bridgehead atoms. The summed E-state index contributed by atoms with van der Waals surface area (Å²) >= 11 is 0. The summed E-state index contributed by atoms with van der Waals surface area (Å²) in [4.78, 5) is 32.0. The summed E-state index contributed by atoms with van der Waals surface area (Å²) in [7, 11) is 0. The number of hydrogen-bond donors (Lipinski definition) is 4. The van der Waals surface area contributed by atoms with Gasteiger partial charge in [0.15, 0.2) is 6.04 Å². The van der Waals surface area contributed by atoms with E-state index in [1.165, 1.54) is 18.2 Å². The highest BCUT2D eigenvalue weighted by Gasteiger charge is 2.18. The van der Waals surface area contributed by atoms with E-state index in [-0.39, 0.29) is 12.2 Å². The fraction of sp³-hybridized carbons (Fsp3) is 0.273. The van der Waals surface area contributed by atoms with Crippen molar-refractivity contribution in [3.05, 3.63) is 39.9 Å². The van der Waals surface area contributed by atoms with Crippen LogP contribution in [0.3, 0.4) is 0 Å². The molecule has 1 rings (SSSR count). The SMILES string of the molecule is O=C(NCc1cccc([N+](=O)[O-])c1)NC(CO)C(=O)O. The number of carbonyl (C=O) groups excluding carboxylic acids is 1. The second-order valence-electron chi connectivity index (χ2n) is 3.83. The van der Waals surface area contributed by atoms with Crippen LogP contribution >= 0.6 is 0 Å². The Morgan fingerprint density at radius 2 is 2.10 bits per heavy atom. The van der Waals surface area contributed by atoms with Crippen molar-refractivity contribution in [3.63, 3.8) is 0 Å². The molecule has 0 aliphatic carbocycles. The predicted octanol–water partition coefficient (Wildman–Crippen LogP) is -0.161. The van der Waals surface area contributed by atoms with Crippen LogP contribution in [0, 0.1) is 10.1 Å². The molecule has 0 aliphatic rings. The molecular formula is C11H13N3O6. The van der Waals surface area contributed by atoms with E-state index < -0.39 is 29.6 Å². The number of benzene rings is 1. The lowest BCUT2D eigenvalue weighted by Gasteiger charge is -2.12. The fourth-order valence-corrected chi connectivity index (χ4v) is 1.36. The van der Waals surface area contributed by atoms with Gasteiger partial charge in [0, 0.05) is 18.7 Å². The van der Waals surface area contributed by atoms with E-state index >= 15 is 0 Å². The molecule has 0 aliphatic heterocycles. The number of nitrogens with one attached hydrogen (secondary N) is 2. The first-order chi connectivity index (χ1) is 9.43. The molecule has 9 nitrogen and oxygen atoms in total. The molecule has 0 radical (unpaired) electrons. The van der Waals surface area contributed by atoms with Gasteiger partial charge in [-0.25, -0.2) is 9.59 Å². The molecule has 0 aromatic heterocycles. The van der Waals surface area contributed by atoms with Crippen LogP contribution in [0.25, 0.3) is 0 Å². The molecule has 20 heavy (non-hydrogen) atoms. The maximum Gasteiger partial charge on any atom is 0.328 e. The zero-order chi connectivity index (χ0) is 15.1. The first-order valence-electron chi connectivity index (χ1n) is 5.55. The van der Waals surface area contributed by atoms with Gasteiger partial charge in [-0.1, -0.05) is 12.1 Å². The predicted molar refractivity (Wildman–Crippen MR) is 67.0 cm³/mol. The van der Waals surface area contributed by atoms with E-state index in [1.807, 2.05) is 5.32 Å². The van der Waals surface area contributed by atoms with Crippen molar-refractivity contribution in [1.29, 1.82) is 0 Å². The molecule has 0 heterocycles. The Morgan fingerprint density at radius 3 is 2.65 bits per heavy atom. The zero-order valence-electron chi connectivity index (χ0n) is 10.3. The van der Waals surface area contributed by atoms with Crippen LogP contribution in [0.1, 0.15) is 5.56 Å². The lowest BCUT2D eigenvalue weighted by molar-refractivity contribution is -0.384. The van der Waals surface area contributed by atoms with Gasteiger partial charge in [-0.2, -0.15) is 0 Å². The highest BCUT2D eigenvalue weighted by atomic mass is 16.6.